The van der Waals surface area contributed by atoms with E-state index in [1.165, 1.54) is 21.4 Å². The van der Waals surface area contributed by atoms with Gasteiger partial charge in [-0.15, -0.1) is 11.3 Å². The number of fused-ring (bicyclic) bond motifs is 1. The van der Waals surface area contributed by atoms with Gasteiger partial charge < -0.3 is 10.6 Å². The summed E-state index contributed by atoms with van der Waals surface area (Å²) in [6.07, 6.45) is 1.17. The van der Waals surface area contributed by atoms with Gasteiger partial charge in [0.1, 0.15) is 0 Å². The predicted octanol–water partition coefficient (Wildman–Crippen LogP) is 3.77. The van der Waals surface area contributed by atoms with Crippen LogP contribution in [0.5, 0.6) is 0 Å². The highest BCUT2D eigenvalue weighted by atomic mass is 32.1. The van der Waals surface area contributed by atoms with Crippen LogP contribution in [0.3, 0.4) is 0 Å². The van der Waals surface area contributed by atoms with E-state index < -0.39 is 0 Å². The van der Waals surface area contributed by atoms with E-state index in [1.807, 2.05) is 11.3 Å². The first-order chi connectivity index (χ1) is 9.04. The minimum atomic E-state index is 0.228. The summed E-state index contributed by atoms with van der Waals surface area (Å²) in [5.74, 6) is 0. The molecule has 0 saturated heterocycles. The van der Waals surface area contributed by atoms with Crippen molar-refractivity contribution in [3.8, 4) is 0 Å². The lowest BCUT2D eigenvalue weighted by Crippen LogP contribution is -2.37. The Bertz CT molecular complexity index is 478. The van der Waals surface area contributed by atoms with Crippen molar-refractivity contribution in [1.29, 1.82) is 0 Å². The van der Waals surface area contributed by atoms with Gasteiger partial charge in [0.2, 0.25) is 0 Å². The topological polar surface area (TPSA) is 24.1 Å². The molecular weight excluding hydrogens is 252 g/mol. The Balaban J connectivity index is 1.68. The highest BCUT2D eigenvalue weighted by Crippen LogP contribution is 2.24. The molecule has 0 saturated carbocycles. The maximum Gasteiger partial charge on any atom is 0.0346 e. The first-order valence-electron chi connectivity index (χ1n) is 6.98. The molecule has 2 aromatic rings. The molecule has 1 aromatic heterocycles. The van der Waals surface area contributed by atoms with Crippen LogP contribution in [0, 0.1) is 0 Å². The summed E-state index contributed by atoms with van der Waals surface area (Å²) in [6, 6.07) is 10.9. The zero-order valence-corrected chi connectivity index (χ0v) is 12.9. The Hall–Kier alpha value is -0.900. The third-order valence-electron chi connectivity index (χ3n) is 2.96. The largest absolute Gasteiger partial charge is 0.312 e. The summed E-state index contributed by atoms with van der Waals surface area (Å²) in [7, 11) is 0. The van der Waals surface area contributed by atoms with E-state index in [2.05, 4.69) is 61.7 Å². The van der Waals surface area contributed by atoms with Gasteiger partial charge in [-0.2, -0.15) is 0 Å². The van der Waals surface area contributed by atoms with Gasteiger partial charge >= 0.3 is 0 Å². The molecular formula is C16H24N2S. The van der Waals surface area contributed by atoms with E-state index in [1.54, 1.807) is 0 Å². The molecule has 0 radical (unpaired) electrons. The summed E-state index contributed by atoms with van der Waals surface area (Å²) in [6.45, 7) is 9.74. The highest BCUT2D eigenvalue weighted by molar-refractivity contribution is 7.19. The second-order valence-electron chi connectivity index (χ2n) is 5.96. The molecule has 2 N–H and O–H groups in total. The van der Waals surface area contributed by atoms with E-state index in [9.17, 15) is 0 Å². The minimum absolute atomic E-state index is 0.228. The summed E-state index contributed by atoms with van der Waals surface area (Å²) >= 11 is 1.89. The lowest BCUT2D eigenvalue weighted by molar-refractivity contribution is 0.418. The number of rotatable bonds is 6. The quantitative estimate of drug-likeness (QED) is 0.785. The molecule has 0 aliphatic rings. The van der Waals surface area contributed by atoms with Gasteiger partial charge in [0.15, 0.2) is 0 Å². The van der Waals surface area contributed by atoms with Gasteiger partial charge in [0.05, 0.1) is 0 Å². The fraction of sp³-hybridized carbons (Fsp3) is 0.500. The molecule has 0 fully saturated rings. The van der Waals surface area contributed by atoms with Crippen LogP contribution in [-0.4, -0.2) is 18.6 Å². The summed E-state index contributed by atoms with van der Waals surface area (Å²) in [5, 5.41) is 8.38. The Morgan fingerprint density at radius 3 is 2.63 bits per heavy atom. The van der Waals surface area contributed by atoms with E-state index in [0.717, 1.165) is 19.6 Å². The molecule has 104 valence electrons. The molecule has 0 bridgehead atoms. The highest BCUT2D eigenvalue weighted by Gasteiger charge is 2.06. The van der Waals surface area contributed by atoms with Crippen molar-refractivity contribution in [2.45, 2.75) is 39.3 Å². The molecule has 0 spiro atoms. The standard InChI is InChI=1S/C16H24N2S/c1-16(2,3)18-10-6-9-17-12-14-11-13-7-4-5-8-15(13)19-14/h4-5,7-8,11,17-18H,6,9-10,12H2,1-3H3. The predicted molar refractivity (Wildman–Crippen MR) is 85.9 cm³/mol. The Morgan fingerprint density at radius 2 is 1.89 bits per heavy atom. The van der Waals surface area contributed by atoms with Crippen molar-refractivity contribution < 1.29 is 0 Å². The van der Waals surface area contributed by atoms with Gasteiger partial charge in [-0.05, 0) is 57.8 Å². The van der Waals surface area contributed by atoms with Crippen molar-refractivity contribution in [3.05, 3.63) is 35.2 Å². The molecule has 2 nitrogen and oxygen atoms in total. The second kappa shape index (κ2) is 6.51. The third-order valence-corrected chi connectivity index (χ3v) is 4.08. The molecule has 0 aliphatic carbocycles. The lowest BCUT2D eigenvalue weighted by atomic mass is 10.1. The van der Waals surface area contributed by atoms with E-state index in [0.29, 0.717) is 0 Å². The van der Waals surface area contributed by atoms with Crippen molar-refractivity contribution >= 4 is 21.4 Å². The normalized spacial score (nSPS) is 12.2. The number of benzene rings is 1. The van der Waals surface area contributed by atoms with Crippen molar-refractivity contribution in [2.75, 3.05) is 13.1 Å². The Kier molecular flexibility index (Phi) is 4.97. The van der Waals surface area contributed by atoms with Gasteiger partial charge in [-0.25, -0.2) is 0 Å². The van der Waals surface area contributed by atoms with Crippen LogP contribution in [0.15, 0.2) is 30.3 Å². The minimum Gasteiger partial charge on any atom is -0.312 e. The van der Waals surface area contributed by atoms with Crippen LogP contribution in [0.1, 0.15) is 32.1 Å². The molecule has 3 heteroatoms. The molecule has 0 atom stereocenters. The first kappa shape index (κ1) is 14.5. The van der Waals surface area contributed by atoms with Crippen molar-refractivity contribution in [2.24, 2.45) is 0 Å². The summed E-state index contributed by atoms with van der Waals surface area (Å²) in [4.78, 5) is 1.42. The number of thiophene rings is 1. The van der Waals surface area contributed by atoms with Crippen LogP contribution in [0.4, 0.5) is 0 Å². The molecule has 1 heterocycles. The smallest absolute Gasteiger partial charge is 0.0346 e. The number of nitrogens with one attached hydrogen (secondary N) is 2. The van der Waals surface area contributed by atoms with E-state index >= 15 is 0 Å². The maximum absolute atomic E-state index is 3.52. The van der Waals surface area contributed by atoms with E-state index in [-0.39, 0.29) is 5.54 Å². The third kappa shape index (κ3) is 4.94. The van der Waals surface area contributed by atoms with Gasteiger partial charge in [-0.3, -0.25) is 0 Å². The van der Waals surface area contributed by atoms with Crippen LogP contribution in [-0.2, 0) is 6.54 Å². The summed E-state index contributed by atoms with van der Waals surface area (Å²) < 4.78 is 1.38. The Labute approximate surface area is 120 Å². The number of hydrogen-bond donors (Lipinski definition) is 2. The molecule has 0 aliphatic heterocycles. The Morgan fingerprint density at radius 1 is 1.11 bits per heavy atom. The lowest BCUT2D eigenvalue weighted by Gasteiger charge is -2.20. The van der Waals surface area contributed by atoms with Gasteiger partial charge in [0, 0.05) is 21.7 Å². The zero-order chi connectivity index (χ0) is 13.7. The van der Waals surface area contributed by atoms with Crippen molar-refractivity contribution in [1.82, 2.24) is 10.6 Å². The zero-order valence-electron chi connectivity index (χ0n) is 12.1. The SMILES string of the molecule is CC(C)(C)NCCCNCc1cc2ccccc2s1. The molecule has 0 unspecified atom stereocenters. The second-order valence-corrected chi connectivity index (χ2v) is 7.13. The number of hydrogen-bond acceptors (Lipinski definition) is 3. The average Bonchev–Trinajstić information content (AvgIpc) is 2.74. The van der Waals surface area contributed by atoms with Gasteiger partial charge in [0.25, 0.3) is 0 Å². The molecule has 19 heavy (non-hydrogen) atoms. The van der Waals surface area contributed by atoms with Gasteiger partial charge in [-0.1, -0.05) is 18.2 Å². The average molecular weight is 276 g/mol. The fourth-order valence-electron chi connectivity index (χ4n) is 2.01. The first-order valence-corrected chi connectivity index (χ1v) is 7.79. The fourth-order valence-corrected chi connectivity index (χ4v) is 3.05. The molecule has 1 aromatic carbocycles. The molecule has 0 amide bonds. The van der Waals surface area contributed by atoms with Crippen LogP contribution in [0.2, 0.25) is 0 Å². The van der Waals surface area contributed by atoms with Crippen LogP contribution < -0.4 is 10.6 Å². The van der Waals surface area contributed by atoms with Crippen LogP contribution in [0.25, 0.3) is 10.1 Å². The van der Waals surface area contributed by atoms with Crippen molar-refractivity contribution in [3.63, 3.8) is 0 Å². The monoisotopic (exact) mass is 276 g/mol. The molecule has 2 rings (SSSR count). The van der Waals surface area contributed by atoms with Crippen LogP contribution >= 0.6 is 11.3 Å². The van der Waals surface area contributed by atoms with E-state index in [4.69, 9.17) is 0 Å². The summed E-state index contributed by atoms with van der Waals surface area (Å²) in [5.41, 5.74) is 0.228. The maximum atomic E-state index is 3.52.